The number of hydrogen-bond acceptors (Lipinski definition) is 4. The molecule has 0 aromatic carbocycles. The van der Waals surface area contributed by atoms with Crippen LogP contribution in [0.5, 0.6) is 0 Å². The number of carboxylic acids is 1. The SMILES string of the molecule is Cc1c(C(=O)[O-])oc2c1C(O)CCC2.[K+]. The number of aliphatic hydroxyl groups excluding tert-OH is 1. The monoisotopic (exact) mass is 234 g/mol. The third-order valence-electron chi connectivity index (χ3n) is 2.67. The van der Waals surface area contributed by atoms with Crippen LogP contribution < -0.4 is 56.5 Å². The van der Waals surface area contributed by atoms with Gasteiger partial charge in [-0.1, -0.05) is 0 Å². The van der Waals surface area contributed by atoms with Crippen LogP contribution in [0, 0.1) is 6.92 Å². The van der Waals surface area contributed by atoms with Crippen molar-refractivity contribution in [2.75, 3.05) is 0 Å². The van der Waals surface area contributed by atoms with E-state index in [1.807, 2.05) is 0 Å². The molecule has 1 aromatic heterocycles. The molecular weight excluding hydrogens is 223 g/mol. The minimum atomic E-state index is -1.32. The van der Waals surface area contributed by atoms with Crippen molar-refractivity contribution >= 4 is 5.97 Å². The molecular formula is C10H11KO4. The van der Waals surface area contributed by atoms with E-state index in [1.54, 1.807) is 6.92 Å². The van der Waals surface area contributed by atoms with Crippen LogP contribution in [0.1, 0.15) is 46.4 Å². The molecule has 1 aliphatic rings. The first kappa shape index (κ1) is 13.4. The zero-order valence-electron chi connectivity index (χ0n) is 8.87. The van der Waals surface area contributed by atoms with Gasteiger partial charge in [-0.3, -0.25) is 0 Å². The van der Waals surface area contributed by atoms with Gasteiger partial charge in [-0.25, -0.2) is 0 Å². The zero-order valence-corrected chi connectivity index (χ0v) is 12.0. The Morgan fingerprint density at radius 3 is 2.80 bits per heavy atom. The van der Waals surface area contributed by atoms with Crippen LogP contribution >= 0.6 is 0 Å². The molecule has 76 valence electrons. The molecule has 15 heavy (non-hydrogen) atoms. The summed E-state index contributed by atoms with van der Waals surface area (Å²) in [5.74, 6) is -0.861. The summed E-state index contributed by atoms with van der Waals surface area (Å²) in [6.07, 6.45) is 1.60. The van der Waals surface area contributed by atoms with Crippen molar-refractivity contribution < 1.29 is 70.8 Å². The standard InChI is InChI=1S/C10H12O4.K/c1-5-8-6(11)3-2-4-7(8)14-9(5)10(12)13;/h6,11H,2-4H2,1H3,(H,12,13);/q;+1/p-1. The van der Waals surface area contributed by atoms with Crippen molar-refractivity contribution in [3.05, 3.63) is 22.6 Å². The van der Waals surface area contributed by atoms with E-state index in [4.69, 9.17) is 4.42 Å². The van der Waals surface area contributed by atoms with E-state index in [1.165, 1.54) is 0 Å². The summed E-state index contributed by atoms with van der Waals surface area (Å²) < 4.78 is 5.15. The molecule has 0 aliphatic heterocycles. The van der Waals surface area contributed by atoms with E-state index in [-0.39, 0.29) is 57.1 Å². The van der Waals surface area contributed by atoms with Gasteiger partial charge in [-0.05, 0) is 19.8 Å². The molecule has 1 unspecified atom stereocenters. The van der Waals surface area contributed by atoms with Gasteiger partial charge in [-0.2, -0.15) is 0 Å². The van der Waals surface area contributed by atoms with E-state index in [0.29, 0.717) is 29.7 Å². The molecule has 0 saturated carbocycles. The number of carbonyl (C=O) groups excluding carboxylic acids is 1. The second kappa shape index (κ2) is 5.12. The predicted octanol–water partition coefficient (Wildman–Crippen LogP) is -2.67. The Balaban J connectivity index is 0.00000112. The van der Waals surface area contributed by atoms with Crippen molar-refractivity contribution in [3.63, 3.8) is 0 Å². The fourth-order valence-corrected chi connectivity index (χ4v) is 2.00. The summed E-state index contributed by atoms with van der Waals surface area (Å²) >= 11 is 0. The number of furan rings is 1. The summed E-state index contributed by atoms with van der Waals surface area (Å²) in [5, 5.41) is 20.3. The minimum absolute atomic E-state index is 0. The van der Waals surface area contributed by atoms with Gasteiger partial charge >= 0.3 is 51.4 Å². The van der Waals surface area contributed by atoms with Gasteiger partial charge in [0.05, 0.1) is 6.10 Å². The third kappa shape index (κ3) is 2.37. The number of aromatic carboxylic acids is 1. The number of aliphatic hydroxyl groups is 1. The van der Waals surface area contributed by atoms with Crippen LogP contribution in [0.15, 0.2) is 4.42 Å². The Bertz CT molecular complexity index is 383. The molecule has 0 bridgehead atoms. The second-order valence-electron chi connectivity index (χ2n) is 3.59. The van der Waals surface area contributed by atoms with Gasteiger partial charge in [0, 0.05) is 17.5 Å². The van der Waals surface area contributed by atoms with Crippen LogP contribution in [0.3, 0.4) is 0 Å². The first-order valence-electron chi connectivity index (χ1n) is 4.63. The molecule has 0 fully saturated rings. The molecule has 2 rings (SSSR count). The van der Waals surface area contributed by atoms with E-state index >= 15 is 0 Å². The fraction of sp³-hybridized carbons (Fsp3) is 0.500. The maximum Gasteiger partial charge on any atom is 1.00 e. The Morgan fingerprint density at radius 2 is 2.27 bits per heavy atom. The number of rotatable bonds is 1. The molecule has 0 saturated heterocycles. The van der Waals surface area contributed by atoms with Crippen molar-refractivity contribution in [1.29, 1.82) is 0 Å². The zero-order chi connectivity index (χ0) is 10.3. The van der Waals surface area contributed by atoms with Crippen molar-refractivity contribution in [1.82, 2.24) is 0 Å². The van der Waals surface area contributed by atoms with Gasteiger partial charge in [-0.15, -0.1) is 0 Å². The number of aryl methyl sites for hydroxylation is 1. The quantitative estimate of drug-likeness (QED) is 0.538. The Morgan fingerprint density at radius 1 is 1.60 bits per heavy atom. The molecule has 4 nitrogen and oxygen atoms in total. The summed E-state index contributed by atoms with van der Waals surface area (Å²) in [6.45, 7) is 1.64. The second-order valence-corrected chi connectivity index (χ2v) is 3.59. The Labute approximate surface area is 130 Å². The summed E-state index contributed by atoms with van der Waals surface area (Å²) in [6, 6.07) is 0. The van der Waals surface area contributed by atoms with E-state index < -0.39 is 12.1 Å². The van der Waals surface area contributed by atoms with Crippen LogP contribution in [0.4, 0.5) is 0 Å². The maximum atomic E-state index is 10.7. The van der Waals surface area contributed by atoms with Crippen LogP contribution in [0.2, 0.25) is 0 Å². The molecule has 1 N–H and O–H groups in total. The number of fused-ring (bicyclic) bond motifs is 1. The van der Waals surface area contributed by atoms with E-state index in [9.17, 15) is 15.0 Å². The molecule has 1 atom stereocenters. The normalized spacial score (nSPS) is 19.2. The first-order chi connectivity index (χ1) is 6.61. The first-order valence-corrected chi connectivity index (χ1v) is 4.63. The average molecular weight is 234 g/mol. The fourth-order valence-electron chi connectivity index (χ4n) is 2.00. The van der Waals surface area contributed by atoms with E-state index in [2.05, 4.69) is 0 Å². The van der Waals surface area contributed by atoms with Gasteiger partial charge in [0.15, 0.2) is 5.76 Å². The van der Waals surface area contributed by atoms with Crippen molar-refractivity contribution in [2.45, 2.75) is 32.3 Å². The third-order valence-corrected chi connectivity index (χ3v) is 2.67. The van der Waals surface area contributed by atoms with Gasteiger partial charge < -0.3 is 19.4 Å². The van der Waals surface area contributed by atoms with Gasteiger partial charge in [0.25, 0.3) is 0 Å². The molecule has 0 spiro atoms. The molecule has 5 heteroatoms. The van der Waals surface area contributed by atoms with Crippen LogP contribution in [-0.4, -0.2) is 11.1 Å². The summed E-state index contributed by atoms with van der Waals surface area (Å²) in [7, 11) is 0. The molecule has 1 heterocycles. The van der Waals surface area contributed by atoms with Gasteiger partial charge in [0.1, 0.15) is 11.7 Å². The van der Waals surface area contributed by atoms with Crippen molar-refractivity contribution in [3.8, 4) is 0 Å². The Hall–Kier alpha value is 0.346. The average Bonchev–Trinajstić information content (AvgIpc) is 2.45. The summed E-state index contributed by atoms with van der Waals surface area (Å²) in [4.78, 5) is 10.7. The smallest absolute Gasteiger partial charge is 0.542 e. The summed E-state index contributed by atoms with van der Waals surface area (Å²) in [5.41, 5.74) is 1.16. The number of carboxylic acid groups (broad SMARTS) is 1. The topological polar surface area (TPSA) is 73.5 Å². The van der Waals surface area contributed by atoms with Gasteiger partial charge in [0.2, 0.25) is 0 Å². The van der Waals surface area contributed by atoms with Crippen LogP contribution in [-0.2, 0) is 6.42 Å². The van der Waals surface area contributed by atoms with Crippen LogP contribution in [0.25, 0.3) is 0 Å². The molecule has 1 aliphatic carbocycles. The molecule has 1 aromatic rings. The predicted molar refractivity (Wildman–Crippen MR) is 45.7 cm³/mol. The Kier molecular flexibility index (Phi) is 4.58. The minimum Gasteiger partial charge on any atom is -0.542 e. The number of carbonyl (C=O) groups is 1. The molecule has 0 radical (unpaired) electrons. The van der Waals surface area contributed by atoms with Crippen molar-refractivity contribution in [2.24, 2.45) is 0 Å². The number of hydrogen-bond donors (Lipinski definition) is 1. The largest absolute Gasteiger partial charge is 1.00 e. The maximum absolute atomic E-state index is 10.7. The molecule has 0 amide bonds. The van der Waals surface area contributed by atoms with E-state index in [0.717, 1.165) is 6.42 Å².